The summed E-state index contributed by atoms with van der Waals surface area (Å²) in [4.78, 5) is 11.2. The lowest BCUT2D eigenvalue weighted by molar-refractivity contribution is -0.269. The third kappa shape index (κ3) is 11.0. The smallest absolute Gasteiger partial charge is 0.335 e. The lowest BCUT2D eigenvalue weighted by Crippen LogP contribution is -2.46. The Hall–Kier alpha value is -0.730. The van der Waals surface area contributed by atoms with Gasteiger partial charge >= 0.3 is 5.97 Å². The van der Waals surface area contributed by atoms with Gasteiger partial charge in [-0.05, 0) is 12.8 Å². The van der Waals surface area contributed by atoms with E-state index in [4.69, 9.17) is 14.6 Å². The molecular formula is C26H50O7. The van der Waals surface area contributed by atoms with E-state index in [0.29, 0.717) is 13.0 Å². The van der Waals surface area contributed by atoms with E-state index in [1.165, 1.54) is 64.2 Å². The zero-order valence-corrected chi connectivity index (χ0v) is 21.1. The van der Waals surface area contributed by atoms with Crippen LogP contribution >= 0.6 is 0 Å². The summed E-state index contributed by atoms with van der Waals surface area (Å²) >= 11 is 0. The summed E-state index contributed by atoms with van der Waals surface area (Å²) in [6.07, 6.45) is 12.2. The van der Waals surface area contributed by atoms with Gasteiger partial charge in [0, 0.05) is 6.42 Å². The largest absolute Gasteiger partial charge is 0.479 e. The van der Waals surface area contributed by atoms with Crippen molar-refractivity contribution in [3.63, 3.8) is 0 Å². The molecule has 0 spiro atoms. The molecule has 5 atom stereocenters. The van der Waals surface area contributed by atoms with Gasteiger partial charge in [0.25, 0.3) is 0 Å². The number of aliphatic hydroxyl groups excluding tert-OH is 3. The molecule has 1 fully saturated rings. The first kappa shape index (κ1) is 30.3. The number of aliphatic hydroxyl groups is 3. The first-order valence-electron chi connectivity index (χ1n) is 13.5. The second-order valence-electron chi connectivity index (χ2n) is 9.66. The molecule has 7 nitrogen and oxygen atoms in total. The second kappa shape index (κ2) is 17.7. The molecule has 0 aromatic rings. The summed E-state index contributed by atoms with van der Waals surface area (Å²) in [7, 11) is 0. The van der Waals surface area contributed by atoms with Gasteiger partial charge in [-0.1, -0.05) is 104 Å². The molecular weight excluding hydrogens is 424 g/mol. The summed E-state index contributed by atoms with van der Waals surface area (Å²) in [6, 6.07) is 0. The maximum Gasteiger partial charge on any atom is 0.335 e. The molecule has 33 heavy (non-hydrogen) atoms. The highest BCUT2D eigenvalue weighted by molar-refractivity contribution is 5.73. The fourth-order valence-corrected chi connectivity index (χ4v) is 4.59. The maximum absolute atomic E-state index is 11.2. The number of aliphatic carboxylic acids is 1. The van der Waals surface area contributed by atoms with E-state index in [0.717, 1.165) is 38.5 Å². The average molecular weight is 475 g/mol. The molecule has 7 heteroatoms. The molecule has 0 radical (unpaired) electrons. The highest BCUT2D eigenvalue weighted by Crippen LogP contribution is 2.38. The van der Waals surface area contributed by atoms with E-state index >= 15 is 0 Å². The molecule has 1 saturated heterocycles. The molecule has 1 aliphatic heterocycles. The first-order valence-corrected chi connectivity index (χ1v) is 13.5. The SMILES string of the molecule is CCCCCCCCCCO[C@]1(CCCCCCCCCC)O[C@@H]([C@H](O)C(=O)O)[C@H](O)[C@H]1O. The molecule has 0 aromatic carbocycles. The van der Waals surface area contributed by atoms with Crippen LogP contribution in [0.5, 0.6) is 0 Å². The van der Waals surface area contributed by atoms with Gasteiger partial charge < -0.3 is 29.9 Å². The molecule has 0 amide bonds. The maximum atomic E-state index is 11.2. The van der Waals surface area contributed by atoms with Gasteiger partial charge in [-0.2, -0.15) is 0 Å². The molecule has 1 rings (SSSR count). The minimum atomic E-state index is -1.91. The number of hydrogen-bond acceptors (Lipinski definition) is 6. The number of ether oxygens (including phenoxy) is 2. The van der Waals surface area contributed by atoms with Crippen LogP contribution in [0.25, 0.3) is 0 Å². The van der Waals surface area contributed by atoms with Gasteiger partial charge in [0.1, 0.15) is 18.3 Å². The minimum absolute atomic E-state index is 0.361. The average Bonchev–Trinajstić information content (AvgIpc) is 3.04. The number of hydrogen-bond donors (Lipinski definition) is 4. The Balaban J connectivity index is 2.52. The van der Waals surface area contributed by atoms with Crippen LogP contribution in [0, 0.1) is 0 Å². The van der Waals surface area contributed by atoms with Crippen LogP contribution in [-0.2, 0) is 14.3 Å². The summed E-state index contributed by atoms with van der Waals surface area (Å²) in [5.74, 6) is -2.96. The van der Waals surface area contributed by atoms with Crippen molar-refractivity contribution in [3.05, 3.63) is 0 Å². The summed E-state index contributed by atoms with van der Waals surface area (Å²) in [5, 5.41) is 40.2. The number of carboxylic acids is 1. The predicted molar refractivity (Wildman–Crippen MR) is 129 cm³/mol. The van der Waals surface area contributed by atoms with Crippen molar-refractivity contribution in [2.24, 2.45) is 0 Å². The molecule has 0 aromatic heterocycles. The van der Waals surface area contributed by atoms with E-state index in [1.54, 1.807) is 0 Å². The topological polar surface area (TPSA) is 116 Å². The van der Waals surface area contributed by atoms with E-state index in [-0.39, 0.29) is 0 Å². The second-order valence-corrected chi connectivity index (χ2v) is 9.66. The van der Waals surface area contributed by atoms with Gasteiger partial charge in [0.2, 0.25) is 0 Å². The zero-order valence-electron chi connectivity index (χ0n) is 21.1. The van der Waals surface area contributed by atoms with Crippen LogP contribution in [0.1, 0.15) is 123 Å². The lowest BCUT2D eigenvalue weighted by Gasteiger charge is -2.32. The predicted octanol–water partition coefficient (Wildman–Crippen LogP) is 4.94. The van der Waals surface area contributed by atoms with Crippen LogP contribution in [0.4, 0.5) is 0 Å². The van der Waals surface area contributed by atoms with Crippen molar-refractivity contribution in [1.29, 1.82) is 0 Å². The minimum Gasteiger partial charge on any atom is -0.479 e. The van der Waals surface area contributed by atoms with Crippen molar-refractivity contribution in [2.45, 2.75) is 153 Å². The number of unbranched alkanes of at least 4 members (excludes halogenated alkanes) is 14. The van der Waals surface area contributed by atoms with Gasteiger partial charge in [0.15, 0.2) is 11.9 Å². The van der Waals surface area contributed by atoms with Gasteiger partial charge in [-0.3, -0.25) is 0 Å². The summed E-state index contributed by atoms with van der Waals surface area (Å²) in [5.41, 5.74) is 0. The number of carboxylic acid groups (broad SMARTS) is 1. The molecule has 0 bridgehead atoms. The highest BCUT2D eigenvalue weighted by atomic mass is 16.7. The van der Waals surface area contributed by atoms with Crippen LogP contribution in [0.3, 0.4) is 0 Å². The summed E-state index contributed by atoms with van der Waals surface area (Å²) in [6.45, 7) is 4.77. The lowest BCUT2D eigenvalue weighted by atomic mass is 9.97. The summed E-state index contributed by atoms with van der Waals surface area (Å²) < 4.78 is 11.8. The van der Waals surface area contributed by atoms with Crippen molar-refractivity contribution in [3.8, 4) is 0 Å². The van der Waals surface area contributed by atoms with Crippen LogP contribution < -0.4 is 0 Å². The Morgan fingerprint density at radius 1 is 0.818 bits per heavy atom. The molecule has 0 saturated carbocycles. The monoisotopic (exact) mass is 474 g/mol. The highest BCUT2D eigenvalue weighted by Gasteiger charge is 2.57. The number of rotatable bonds is 21. The van der Waals surface area contributed by atoms with E-state index in [2.05, 4.69) is 13.8 Å². The van der Waals surface area contributed by atoms with Crippen LogP contribution in [-0.4, -0.2) is 63.2 Å². The molecule has 1 aliphatic rings. The van der Waals surface area contributed by atoms with E-state index in [1.807, 2.05) is 0 Å². The van der Waals surface area contributed by atoms with E-state index < -0.39 is 36.2 Å². The Bertz CT molecular complexity index is 501. The van der Waals surface area contributed by atoms with Crippen molar-refractivity contribution >= 4 is 5.97 Å². The first-order chi connectivity index (χ1) is 15.9. The fraction of sp³-hybridized carbons (Fsp3) is 0.962. The standard InChI is InChI=1S/C26H50O7/c1-3-5-7-9-11-13-15-17-19-26(32-20-18-16-14-12-10-8-6-4-2)24(29)21(27)23(33-26)22(28)25(30)31/h21-24,27-29H,3-20H2,1-2H3,(H,30,31)/t21-,22-,23+,24+,26+/m0/s1. The molecule has 196 valence electrons. The van der Waals surface area contributed by atoms with Crippen LogP contribution in [0.2, 0.25) is 0 Å². The van der Waals surface area contributed by atoms with Gasteiger partial charge in [-0.25, -0.2) is 4.79 Å². The third-order valence-electron chi connectivity index (χ3n) is 6.73. The Labute approximate surface area is 200 Å². The Kier molecular flexibility index (Phi) is 16.2. The van der Waals surface area contributed by atoms with Crippen molar-refractivity contribution in [2.75, 3.05) is 6.61 Å². The number of carbonyl (C=O) groups is 1. The van der Waals surface area contributed by atoms with E-state index in [9.17, 15) is 20.1 Å². The molecule has 0 aliphatic carbocycles. The van der Waals surface area contributed by atoms with Gasteiger partial charge in [0.05, 0.1) is 6.61 Å². The Morgan fingerprint density at radius 2 is 1.27 bits per heavy atom. The zero-order chi connectivity index (χ0) is 24.5. The normalized spacial score (nSPS) is 26.0. The van der Waals surface area contributed by atoms with Crippen LogP contribution in [0.15, 0.2) is 0 Å². The molecule has 1 heterocycles. The quantitative estimate of drug-likeness (QED) is 0.174. The molecule has 4 N–H and O–H groups in total. The van der Waals surface area contributed by atoms with Crippen molar-refractivity contribution < 1.29 is 34.7 Å². The van der Waals surface area contributed by atoms with Crippen molar-refractivity contribution in [1.82, 2.24) is 0 Å². The third-order valence-corrected chi connectivity index (χ3v) is 6.73. The Morgan fingerprint density at radius 3 is 1.76 bits per heavy atom. The molecule has 0 unspecified atom stereocenters. The van der Waals surface area contributed by atoms with Gasteiger partial charge in [-0.15, -0.1) is 0 Å². The fourth-order valence-electron chi connectivity index (χ4n) is 4.59.